The summed E-state index contributed by atoms with van der Waals surface area (Å²) in [6.45, 7) is 5.64. The fourth-order valence-corrected chi connectivity index (χ4v) is 2.80. The third kappa shape index (κ3) is 5.85. The van der Waals surface area contributed by atoms with Gasteiger partial charge in [0.15, 0.2) is 6.04 Å². The summed E-state index contributed by atoms with van der Waals surface area (Å²) in [6, 6.07) is -1.16. The van der Waals surface area contributed by atoms with Gasteiger partial charge in [0.2, 0.25) is 6.08 Å². The van der Waals surface area contributed by atoms with Gasteiger partial charge in [-0.3, -0.25) is 0 Å². The van der Waals surface area contributed by atoms with Crippen LogP contribution in [0.2, 0.25) is 0 Å². The molecule has 20 heavy (non-hydrogen) atoms. The molecule has 0 aliphatic heterocycles. The molecule has 0 bridgehead atoms. The van der Waals surface area contributed by atoms with Crippen molar-refractivity contribution in [1.29, 1.82) is 0 Å². The van der Waals surface area contributed by atoms with Crippen molar-refractivity contribution in [1.82, 2.24) is 0 Å². The summed E-state index contributed by atoms with van der Waals surface area (Å²) in [6.07, 6.45) is 7.24. The van der Waals surface area contributed by atoms with Crippen molar-refractivity contribution in [3.63, 3.8) is 0 Å². The zero-order valence-electron chi connectivity index (χ0n) is 12.6. The number of aliphatic imine (C=N–C) groups is 1. The second kappa shape index (κ2) is 7.55. The minimum atomic E-state index is -1.16. The van der Waals surface area contributed by atoms with Gasteiger partial charge in [0.25, 0.3) is 0 Å². The number of aliphatic carboxylic acids is 1. The Morgan fingerprint density at radius 2 is 1.95 bits per heavy atom. The van der Waals surface area contributed by atoms with Gasteiger partial charge >= 0.3 is 5.97 Å². The zero-order chi connectivity index (χ0) is 15.2. The van der Waals surface area contributed by atoms with E-state index < -0.39 is 23.7 Å². The molecule has 0 spiro atoms. The van der Waals surface area contributed by atoms with Crippen LogP contribution >= 0.6 is 0 Å². The van der Waals surface area contributed by atoms with E-state index in [0.717, 1.165) is 12.8 Å². The van der Waals surface area contributed by atoms with E-state index in [2.05, 4.69) is 4.99 Å². The molecule has 114 valence electrons. The van der Waals surface area contributed by atoms with Crippen LogP contribution in [-0.4, -0.2) is 34.9 Å². The van der Waals surface area contributed by atoms with E-state index in [9.17, 15) is 14.7 Å². The van der Waals surface area contributed by atoms with Gasteiger partial charge in [0, 0.05) is 0 Å². The standard InChI is InChI=1S/C15H25NO4/c1-15(2,3)20-12(13(14(18)19)16-10-17)9-11-7-5-4-6-8-11/h11-13H,4-9H2,1-3H3,(H,18,19). The summed E-state index contributed by atoms with van der Waals surface area (Å²) in [5.41, 5.74) is -0.467. The lowest BCUT2D eigenvalue weighted by Gasteiger charge is -2.33. The average Bonchev–Trinajstić information content (AvgIpc) is 2.34. The molecule has 5 heteroatoms. The van der Waals surface area contributed by atoms with E-state index >= 15 is 0 Å². The third-order valence-electron chi connectivity index (χ3n) is 3.59. The molecule has 1 saturated carbocycles. The Morgan fingerprint density at radius 3 is 2.40 bits per heavy atom. The van der Waals surface area contributed by atoms with Gasteiger partial charge in [-0.15, -0.1) is 0 Å². The van der Waals surface area contributed by atoms with E-state index in [1.165, 1.54) is 25.3 Å². The minimum absolute atomic E-state index is 0.458. The number of nitrogens with zero attached hydrogens (tertiary/aromatic N) is 1. The van der Waals surface area contributed by atoms with Crippen LogP contribution in [0.1, 0.15) is 59.3 Å². The number of carbonyl (C=O) groups excluding carboxylic acids is 1. The van der Waals surface area contributed by atoms with Crippen LogP contribution in [0.3, 0.4) is 0 Å². The molecule has 1 N–H and O–H groups in total. The van der Waals surface area contributed by atoms with Crippen LogP contribution < -0.4 is 0 Å². The highest BCUT2D eigenvalue weighted by molar-refractivity contribution is 5.75. The van der Waals surface area contributed by atoms with Crippen LogP contribution in [-0.2, 0) is 14.3 Å². The Kier molecular flexibility index (Phi) is 6.37. The minimum Gasteiger partial charge on any atom is -0.480 e. The summed E-state index contributed by atoms with van der Waals surface area (Å²) < 4.78 is 5.86. The van der Waals surface area contributed by atoms with Gasteiger partial charge in [-0.25, -0.2) is 9.59 Å². The number of carbonyl (C=O) groups is 1. The molecule has 2 atom stereocenters. The van der Waals surface area contributed by atoms with Crippen molar-refractivity contribution in [3.8, 4) is 0 Å². The fraction of sp³-hybridized carbons (Fsp3) is 0.867. The van der Waals surface area contributed by atoms with Crippen LogP contribution in [0.15, 0.2) is 4.99 Å². The van der Waals surface area contributed by atoms with Crippen LogP contribution in [0.4, 0.5) is 0 Å². The predicted molar refractivity (Wildman–Crippen MR) is 75.4 cm³/mol. The smallest absolute Gasteiger partial charge is 0.332 e. The molecule has 1 fully saturated rings. The highest BCUT2D eigenvalue weighted by Gasteiger charge is 2.34. The lowest BCUT2D eigenvalue weighted by Crippen LogP contribution is -2.41. The number of isocyanates is 1. The molecule has 0 aromatic rings. The Balaban J connectivity index is 2.81. The molecule has 1 aliphatic rings. The van der Waals surface area contributed by atoms with Gasteiger partial charge in [0.1, 0.15) is 0 Å². The van der Waals surface area contributed by atoms with E-state index in [4.69, 9.17) is 4.74 Å². The lowest BCUT2D eigenvalue weighted by atomic mass is 9.84. The first-order valence-electron chi connectivity index (χ1n) is 7.31. The number of carboxylic acids is 1. The topological polar surface area (TPSA) is 76.0 Å². The Labute approximate surface area is 120 Å². The van der Waals surface area contributed by atoms with E-state index in [-0.39, 0.29) is 0 Å². The molecule has 0 radical (unpaired) electrons. The molecular weight excluding hydrogens is 258 g/mol. The quantitative estimate of drug-likeness (QED) is 0.600. The van der Waals surface area contributed by atoms with E-state index in [1.807, 2.05) is 20.8 Å². The number of carboxylic acid groups (broad SMARTS) is 1. The number of rotatable bonds is 6. The van der Waals surface area contributed by atoms with Crippen LogP contribution in [0.5, 0.6) is 0 Å². The molecule has 2 unspecified atom stereocenters. The molecule has 1 aliphatic carbocycles. The molecule has 5 nitrogen and oxygen atoms in total. The molecule has 1 rings (SSSR count). The molecule has 0 saturated heterocycles. The zero-order valence-corrected chi connectivity index (χ0v) is 12.6. The molecule has 0 aromatic heterocycles. The first-order valence-corrected chi connectivity index (χ1v) is 7.31. The SMILES string of the molecule is CC(C)(C)OC(CC1CCCCC1)C(N=C=O)C(=O)O. The average molecular weight is 283 g/mol. The molecule has 0 amide bonds. The van der Waals surface area contributed by atoms with Crippen molar-refractivity contribution in [2.45, 2.75) is 77.0 Å². The van der Waals surface area contributed by atoms with Crippen LogP contribution in [0.25, 0.3) is 0 Å². The maximum absolute atomic E-state index is 11.3. The fourth-order valence-electron chi connectivity index (χ4n) is 2.80. The Morgan fingerprint density at radius 1 is 1.35 bits per heavy atom. The lowest BCUT2D eigenvalue weighted by molar-refractivity contribution is -0.147. The van der Waals surface area contributed by atoms with E-state index in [0.29, 0.717) is 12.3 Å². The van der Waals surface area contributed by atoms with E-state index in [1.54, 1.807) is 0 Å². The second-order valence-electron chi connectivity index (χ2n) is 6.51. The van der Waals surface area contributed by atoms with Gasteiger partial charge in [-0.2, -0.15) is 4.99 Å². The van der Waals surface area contributed by atoms with Crippen molar-refractivity contribution < 1.29 is 19.4 Å². The number of hydrogen-bond donors (Lipinski definition) is 1. The largest absolute Gasteiger partial charge is 0.480 e. The summed E-state index contributed by atoms with van der Waals surface area (Å²) in [7, 11) is 0. The highest BCUT2D eigenvalue weighted by Crippen LogP contribution is 2.30. The van der Waals surface area contributed by atoms with Crippen molar-refractivity contribution in [2.24, 2.45) is 10.9 Å². The van der Waals surface area contributed by atoms with Gasteiger partial charge in [-0.1, -0.05) is 32.1 Å². The number of hydrogen-bond acceptors (Lipinski definition) is 4. The normalized spacial score (nSPS) is 19.9. The maximum Gasteiger partial charge on any atom is 0.332 e. The second-order valence-corrected chi connectivity index (χ2v) is 6.51. The molecule has 0 aromatic carbocycles. The summed E-state index contributed by atoms with van der Waals surface area (Å²) in [4.78, 5) is 25.2. The Bertz CT molecular complexity index is 361. The van der Waals surface area contributed by atoms with Crippen molar-refractivity contribution in [3.05, 3.63) is 0 Å². The maximum atomic E-state index is 11.3. The van der Waals surface area contributed by atoms with Gasteiger partial charge < -0.3 is 9.84 Å². The summed E-state index contributed by atoms with van der Waals surface area (Å²) in [5.74, 6) is -0.668. The first-order chi connectivity index (χ1) is 9.33. The monoisotopic (exact) mass is 283 g/mol. The summed E-state index contributed by atoms with van der Waals surface area (Å²) in [5, 5.41) is 9.25. The third-order valence-corrected chi connectivity index (χ3v) is 3.59. The summed E-state index contributed by atoms with van der Waals surface area (Å²) >= 11 is 0. The van der Waals surface area contributed by atoms with Crippen molar-refractivity contribution >= 4 is 12.0 Å². The predicted octanol–water partition coefficient (Wildman–Crippen LogP) is 2.93. The first kappa shape index (κ1) is 16.9. The van der Waals surface area contributed by atoms with Gasteiger partial charge in [0.05, 0.1) is 11.7 Å². The molecular formula is C15H25NO4. The highest BCUT2D eigenvalue weighted by atomic mass is 16.5. The number of ether oxygens (including phenoxy) is 1. The van der Waals surface area contributed by atoms with Crippen molar-refractivity contribution in [2.75, 3.05) is 0 Å². The van der Waals surface area contributed by atoms with Gasteiger partial charge in [-0.05, 0) is 33.1 Å². The van der Waals surface area contributed by atoms with Crippen LogP contribution in [0, 0.1) is 5.92 Å². The Hall–Kier alpha value is -1.19. The molecule has 0 heterocycles.